The van der Waals surface area contributed by atoms with Crippen molar-refractivity contribution in [2.75, 3.05) is 12.4 Å². The SMILES string of the molecule is C/C=C\Cc1ccc(NC2=CC=C(OC)CC2)cc1. The second-order valence-electron chi connectivity index (χ2n) is 4.62. The fourth-order valence-corrected chi connectivity index (χ4v) is 2.06. The minimum absolute atomic E-state index is 0.967. The van der Waals surface area contributed by atoms with Gasteiger partial charge in [0.15, 0.2) is 0 Å². The van der Waals surface area contributed by atoms with Gasteiger partial charge in [-0.2, -0.15) is 0 Å². The lowest BCUT2D eigenvalue weighted by Gasteiger charge is -2.15. The first kappa shape index (κ1) is 13.5. The molecule has 100 valence electrons. The molecule has 0 atom stereocenters. The molecular formula is C17H21NO. The third-order valence-corrected chi connectivity index (χ3v) is 3.22. The van der Waals surface area contributed by atoms with Gasteiger partial charge in [-0.15, -0.1) is 0 Å². The maximum Gasteiger partial charge on any atom is 0.0959 e. The molecule has 1 aliphatic carbocycles. The molecule has 2 heteroatoms. The maximum atomic E-state index is 5.23. The maximum absolute atomic E-state index is 5.23. The number of methoxy groups -OCH3 is 1. The minimum atomic E-state index is 0.967. The molecule has 0 unspecified atom stereocenters. The van der Waals surface area contributed by atoms with Gasteiger partial charge < -0.3 is 10.1 Å². The lowest BCUT2D eigenvalue weighted by atomic mass is 10.1. The summed E-state index contributed by atoms with van der Waals surface area (Å²) >= 11 is 0. The topological polar surface area (TPSA) is 21.3 Å². The largest absolute Gasteiger partial charge is 0.501 e. The van der Waals surface area contributed by atoms with Gasteiger partial charge in [-0.1, -0.05) is 24.3 Å². The molecule has 2 rings (SSSR count). The van der Waals surface area contributed by atoms with Crippen LogP contribution in [0.2, 0.25) is 0 Å². The Bertz CT molecular complexity index is 494. The Kier molecular flexibility index (Phi) is 4.85. The van der Waals surface area contributed by atoms with E-state index in [1.54, 1.807) is 7.11 Å². The summed E-state index contributed by atoms with van der Waals surface area (Å²) in [6.45, 7) is 2.05. The first-order chi connectivity index (χ1) is 9.31. The van der Waals surface area contributed by atoms with Crippen LogP contribution < -0.4 is 5.32 Å². The highest BCUT2D eigenvalue weighted by molar-refractivity contribution is 5.50. The van der Waals surface area contributed by atoms with E-state index in [1.165, 1.54) is 11.3 Å². The van der Waals surface area contributed by atoms with E-state index in [1.807, 2.05) is 13.0 Å². The quantitative estimate of drug-likeness (QED) is 0.786. The second kappa shape index (κ2) is 6.83. The summed E-state index contributed by atoms with van der Waals surface area (Å²) in [5, 5.41) is 3.45. The van der Waals surface area contributed by atoms with E-state index in [0.29, 0.717) is 0 Å². The Labute approximate surface area is 115 Å². The number of hydrogen-bond donors (Lipinski definition) is 1. The van der Waals surface area contributed by atoms with Crippen LogP contribution in [0.4, 0.5) is 5.69 Å². The molecule has 0 bridgehead atoms. The zero-order valence-corrected chi connectivity index (χ0v) is 11.6. The van der Waals surface area contributed by atoms with Gasteiger partial charge >= 0.3 is 0 Å². The lowest BCUT2D eigenvalue weighted by Crippen LogP contribution is -2.04. The van der Waals surface area contributed by atoms with Crippen LogP contribution in [0.3, 0.4) is 0 Å². The summed E-state index contributed by atoms with van der Waals surface area (Å²) in [6.07, 6.45) is 11.3. The second-order valence-corrected chi connectivity index (χ2v) is 4.62. The normalized spacial score (nSPS) is 15.1. The highest BCUT2D eigenvalue weighted by Crippen LogP contribution is 2.21. The van der Waals surface area contributed by atoms with Crippen molar-refractivity contribution in [2.24, 2.45) is 0 Å². The first-order valence-electron chi connectivity index (χ1n) is 6.72. The molecule has 1 N–H and O–H groups in total. The number of benzene rings is 1. The molecule has 0 spiro atoms. The summed E-state index contributed by atoms with van der Waals surface area (Å²) in [5.41, 5.74) is 3.72. The van der Waals surface area contributed by atoms with E-state index in [-0.39, 0.29) is 0 Å². The molecule has 0 heterocycles. The van der Waals surface area contributed by atoms with E-state index in [2.05, 4.69) is 47.8 Å². The van der Waals surface area contributed by atoms with E-state index in [4.69, 9.17) is 4.74 Å². The van der Waals surface area contributed by atoms with Crippen LogP contribution in [0.15, 0.2) is 60.0 Å². The molecule has 1 aromatic rings. The Hall–Kier alpha value is -1.96. The van der Waals surface area contributed by atoms with E-state index in [0.717, 1.165) is 30.7 Å². The molecule has 0 saturated heterocycles. The monoisotopic (exact) mass is 255 g/mol. The molecule has 1 aliphatic rings. The molecule has 0 aromatic heterocycles. The predicted molar refractivity (Wildman–Crippen MR) is 81.0 cm³/mol. The number of nitrogens with one attached hydrogen (secondary N) is 1. The highest BCUT2D eigenvalue weighted by atomic mass is 16.5. The van der Waals surface area contributed by atoms with Crippen molar-refractivity contribution < 1.29 is 4.74 Å². The van der Waals surface area contributed by atoms with Gasteiger partial charge in [0.25, 0.3) is 0 Å². The van der Waals surface area contributed by atoms with Gasteiger partial charge in [-0.25, -0.2) is 0 Å². The van der Waals surface area contributed by atoms with Crippen LogP contribution in [0.25, 0.3) is 0 Å². The van der Waals surface area contributed by atoms with Crippen molar-refractivity contribution >= 4 is 5.69 Å². The standard InChI is InChI=1S/C17H21NO/c1-3-4-5-14-6-8-15(9-7-14)18-16-10-12-17(19-2)13-11-16/h3-4,6-10,12,18H,5,11,13H2,1-2H3/b4-3-. The van der Waals surface area contributed by atoms with Gasteiger partial charge in [-0.3, -0.25) is 0 Å². The minimum Gasteiger partial charge on any atom is -0.501 e. The zero-order chi connectivity index (χ0) is 13.5. The number of anilines is 1. The Balaban J connectivity index is 1.96. The summed E-state index contributed by atoms with van der Waals surface area (Å²) < 4.78 is 5.23. The van der Waals surface area contributed by atoms with Crippen molar-refractivity contribution in [3.63, 3.8) is 0 Å². The summed E-state index contributed by atoms with van der Waals surface area (Å²) in [5.74, 6) is 1.05. The van der Waals surface area contributed by atoms with Crippen LogP contribution in [0.1, 0.15) is 25.3 Å². The fraction of sp³-hybridized carbons (Fsp3) is 0.294. The number of rotatable bonds is 5. The van der Waals surface area contributed by atoms with Gasteiger partial charge in [-0.05, 0) is 49.6 Å². The van der Waals surface area contributed by atoms with Crippen molar-refractivity contribution in [3.05, 3.63) is 65.6 Å². The zero-order valence-electron chi connectivity index (χ0n) is 11.6. The predicted octanol–water partition coefficient (Wildman–Crippen LogP) is 4.43. The molecule has 0 saturated carbocycles. The third-order valence-electron chi connectivity index (χ3n) is 3.22. The Morgan fingerprint density at radius 2 is 1.95 bits per heavy atom. The van der Waals surface area contributed by atoms with E-state index in [9.17, 15) is 0 Å². The third kappa shape index (κ3) is 4.02. The summed E-state index contributed by atoms with van der Waals surface area (Å²) in [6, 6.07) is 8.61. The molecule has 19 heavy (non-hydrogen) atoms. The smallest absolute Gasteiger partial charge is 0.0959 e. The molecule has 0 amide bonds. The molecular weight excluding hydrogens is 234 g/mol. The van der Waals surface area contributed by atoms with Gasteiger partial charge in [0.2, 0.25) is 0 Å². The van der Waals surface area contributed by atoms with Gasteiger partial charge in [0.05, 0.1) is 12.9 Å². The van der Waals surface area contributed by atoms with Crippen LogP contribution >= 0.6 is 0 Å². The Morgan fingerprint density at radius 1 is 1.16 bits per heavy atom. The summed E-state index contributed by atoms with van der Waals surface area (Å²) in [7, 11) is 1.72. The highest BCUT2D eigenvalue weighted by Gasteiger charge is 2.06. The molecule has 2 nitrogen and oxygen atoms in total. The number of allylic oxidation sites excluding steroid dienone is 6. The van der Waals surface area contributed by atoms with Crippen molar-refractivity contribution in [1.29, 1.82) is 0 Å². The number of ether oxygens (including phenoxy) is 1. The van der Waals surface area contributed by atoms with Crippen LogP contribution in [-0.2, 0) is 11.2 Å². The van der Waals surface area contributed by atoms with E-state index >= 15 is 0 Å². The average Bonchev–Trinajstić information content (AvgIpc) is 2.47. The first-order valence-corrected chi connectivity index (χ1v) is 6.72. The molecule has 0 aliphatic heterocycles. The van der Waals surface area contributed by atoms with Gasteiger partial charge in [0.1, 0.15) is 0 Å². The van der Waals surface area contributed by atoms with Crippen molar-refractivity contribution in [3.8, 4) is 0 Å². The van der Waals surface area contributed by atoms with Crippen molar-refractivity contribution in [2.45, 2.75) is 26.2 Å². The molecule has 0 radical (unpaired) electrons. The lowest BCUT2D eigenvalue weighted by molar-refractivity contribution is 0.276. The van der Waals surface area contributed by atoms with Crippen molar-refractivity contribution in [1.82, 2.24) is 0 Å². The number of hydrogen-bond acceptors (Lipinski definition) is 2. The van der Waals surface area contributed by atoms with Crippen LogP contribution in [-0.4, -0.2) is 7.11 Å². The average molecular weight is 255 g/mol. The van der Waals surface area contributed by atoms with Crippen LogP contribution in [0.5, 0.6) is 0 Å². The Morgan fingerprint density at radius 3 is 2.53 bits per heavy atom. The van der Waals surface area contributed by atoms with E-state index < -0.39 is 0 Å². The van der Waals surface area contributed by atoms with Crippen LogP contribution in [0, 0.1) is 0 Å². The molecule has 0 fully saturated rings. The fourth-order valence-electron chi connectivity index (χ4n) is 2.06. The van der Waals surface area contributed by atoms with Gasteiger partial charge in [0, 0.05) is 17.8 Å². The summed E-state index contributed by atoms with van der Waals surface area (Å²) in [4.78, 5) is 0. The molecule has 1 aromatic carbocycles.